The van der Waals surface area contributed by atoms with Crippen LogP contribution in [0.15, 0.2) is 18.3 Å². The number of likely N-dealkylation sites (N-methyl/N-ethyl adjacent to an activating group) is 1. The van der Waals surface area contributed by atoms with Gasteiger partial charge in [0, 0.05) is 45.1 Å². The summed E-state index contributed by atoms with van der Waals surface area (Å²) in [4.78, 5) is 22.6. The van der Waals surface area contributed by atoms with E-state index in [-0.39, 0.29) is 24.0 Å². The second-order valence-electron chi connectivity index (χ2n) is 6.57. The molecule has 1 aromatic heterocycles. The van der Waals surface area contributed by atoms with Crippen molar-refractivity contribution in [2.45, 2.75) is 6.42 Å². The number of carbonyl (C=O) groups is 1. The number of anilines is 2. The van der Waals surface area contributed by atoms with Crippen LogP contribution in [0, 0.1) is 5.92 Å². The molecule has 0 bridgehead atoms. The number of hydrogen-bond acceptors (Lipinski definition) is 6. The number of aromatic nitrogens is 1. The number of pyridine rings is 1. The lowest BCUT2D eigenvalue weighted by Gasteiger charge is -2.33. The van der Waals surface area contributed by atoms with Gasteiger partial charge in [-0.25, -0.2) is 18.5 Å². The zero-order chi connectivity index (χ0) is 17.3. The van der Waals surface area contributed by atoms with Gasteiger partial charge in [-0.05, 0) is 19.2 Å². The Morgan fingerprint density at radius 1 is 1.25 bits per heavy atom. The summed E-state index contributed by atoms with van der Waals surface area (Å²) in [5, 5.41) is 5.07. The first-order valence-corrected chi connectivity index (χ1v) is 9.74. The number of nitrogens with two attached hydrogens (primary N) is 1. The Labute approximate surface area is 142 Å². The average molecular weight is 353 g/mol. The van der Waals surface area contributed by atoms with E-state index < -0.39 is 10.0 Å². The summed E-state index contributed by atoms with van der Waals surface area (Å²) >= 11 is 0. The van der Waals surface area contributed by atoms with E-state index in [1.54, 1.807) is 11.1 Å². The smallest absolute Gasteiger partial charge is 0.228 e. The standard InChI is InChI=1S/C15H23N5O3S/c1-18-4-6-19(7-5-18)13-2-3-14(17-9-13)20-10-12(8-15(20)21)11-24(16,22)23/h2-3,9,12H,4-8,10-11H2,1H3,(H2,16,22,23). The summed E-state index contributed by atoms with van der Waals surface area (Å²) in [5.41, 5.74) is 1.04. The first-order chi connectivity index (χ1) is 11.3. The highest BCUT2D eigenvalue weighted by Crippen LogP contribution is 2.26. The van der Waals surface area contributed by atoms with Crippen LogP contribution in [0.1, 0.15) is 6.42 Å². The van der Waals surface area contributed by atoms with Crippen LogP contribution in [-0.2, 0) is 14.8 Å². The van der Waals surface area contributed by atoms with Crippen molar-refractivity contribution in [1.82, 2.24) is 9.88 Å². The molecule has 1 atom stereocenters. The van der Waals surface area contributed by atoms with Crippen LogP contribution in [0.25, 0.3) is 0 Å². The van der Waals surface area contributed by atoms with Gasteiger partial charge < -0.3 is 9.80 Å². The molecule has 0 aliphatic carbocycles. The molecule has 2 saturated heterocycles. The normalized spacial score (nSPS) is 23.1. The molecular weight excluding hydrogens is 330 g/mol. The molecule has 24 heavy (non-hydrogen) atoms. The van der Waals surface area contributed by atoms with Crippen LogP contribution in [0.2, 0.25) is 0 Å². The highest BCUT2D eigenvalue weighted by molar-refractivity contribution is 7.89. The van der Waals surface area contributed by atoms with Gasteiger partial charge >= 0.3 is 0 Å². The Balaban J connectivity index is 1.66. The molecule has 132 valence electrons. The number of rotatable bonds is 4. The van der Waals surface area contributed by atoms with Crippen LogP contribution in [-0.4, -0.2) is 69.7 Å². The predicted octanol–water partition coefficient (Wildman–Crippen LogP) is -0.525. The molecule has 8 nitrogen and oxygen atoms in total. The van der Waals surface area contributed by atoms with E-state index in [1.807, 2.05) is 12.1 Å². The maximum absolute atomic E-state index is 12.1. The maximum Gasteiger partial charge on any atom is 0.228 e. The Morgan fingerprint density at radius 3 is 2.54 bits per heavy atom. The molecule has 0 aromatic carbocycles. The zero-order valence-electron chi connectivity index (χ0n) is 13.8. The monoisotopic (exact) mass is 353 g/mol. The Bertz CT molecular complexity index is 698. The van der Waals surface area contributed by atoms with E-state index in [0.717, 1.165) is 31.9 Å². The van der Waals surface area contributed by atoms with E-state index in [0.29, 0.717) is 12.4 Å². The molecule has 9 heteroatoms. The third-order valence-corrected chi connectivity index (χ3v) is 5.49. The van der Waals surface area contributed by atoms with Crippen molar-refractivity contribution in [3.8, 4) is 0 Å². The fourth-order valence-electron chi connectivity index (χ4n) is 3.23. The van der Waals surface area contributed by atoms with Gasteiger partial charge in [0.15, 0.2) is 0 Å². The molecule has 0 radical (unpaired) electrons. The van der Waals surface area contributed by atoms with Crippen LogP contribution < -0.4 is 14.9 Å². The molecule has 1 unspecified atom stereocenters. The average Bonchev–Trinajstić information content (AvgIpc) is 2.86. The van der Waals surface area contributed by atoms with Gasteiger partial charge in [-0.1, -0.05) is 0 Å². The number of piperazine rings is 1. The fourth-order valence-corrected chi connectivity index (χ4v) is 4.11. The molecule has 2 aliphatic rings. The van der Waals surface area contributed by atoms with Crippen molar-refractivity contribution in [3.63, 3.8) is 0 Å². The van der Waals surface area contributed by atoms with Crippen molar-refractivity contribution in [1.29, 1.82) is 0 Å². The summed E-state index contributed by atoms with van der Waals surface area (Å²) in [7, 11) is -1.47. The summed E-state index contributed by atoms with van der Waals surface area (Å²) in [6.45, 7) is 4.28. The molecule has 3 heterocycles. The van der Waals surface area contributed by atoms with Crippen LogP contribution in [0.4, 0.5) is 11.5 Å². The number of carbonyl (C=O) groups excluding carboxylic acids is 1. The number of sulfonamides is 1. The Morgan fingerprint density at radius 2 is 1.96 bits per heavy atom. The van der Waals surface area contributed by atoms with Gasteiger partial charge in [-0.3, -0.25) is 9.69 Å². The topological polar surface area (TPSA) is 99.8 Å². The minimum Gasteiger partial charge on any atom is -0.368 e. The molecular formula is C15H23N5O3S. The van der Waals surface area contributed by atoms with Gasteiger partial charge in [-0.15, -0.1) is 0 Å². The van der Waals surface area contributed by atoms with E-state index in [4.69, 9.17) is 5.14 Å². The molecule has 0 spiro atoms. The van der Waals surface area contributed by atoms with Crippen molar-refractivity contribution in [3.05, 3.63) is 18.3 Å². The predicted molar refractivity (Wildman–Crippen MR) is 92.4 cm³/mol. The van der Waals surface area contributed by atoms with Crippen LogP contribution in [0.5, 0.6) is 0 Å². The summed E-state index contributed by atoms with van der Waals surface area (Å²) < 4.78 is 22.4. The van der Waals surface area contributed by atoms with Gasteiger partial charge in [0.1, 0.15) is 5.82 Å². The third kappa shape index (κ3) is 4.03. The summed E-state index contributed by atoms with van der Waals surface area (Å²) in [5.74, 6) is 0.0131. The van der Waals surface area contributed by atoms with Crippen LogP contribution in [0.3, 0.4) is 0 Å². The molecule has 2 N–H and O–H groups in total. The maximum atomic E-state index is 12.1. The molecule has 1 aromatic rings. The minimum absolute atomic E-state index is 0.108. The molecule has 1 amide bonds. The van der Waals surface area contributed by atoms with Crippen molar-refractivity contribution >= 4 is 27.4 Å². The lowest BCUT2D eigenvalue weighted by molar-refractivity contribution is -0.117. The molecule has 0 saturated carbocycles. The largest absolute Gasteiger partial charge is 0.368 e. The van der Waals surface area contributed by atoms with Gasteiger partial charge in [0.05, 0.1) is 17.6 Å². The van der Waals surface area contributed by atoms with Crippen LogP contribution >= 0.6 is 0 Å². The number of primary sulfonamides is 1. The van der Waals surface area contributed by atoms with Crippen molar-refractivity contribution in [2.75, 3.05) is 55.3 Å². The fraction of sp³-hybridized carbons (Fsp3) is 0.600. The lowest BCUT2D eigenvalue weighted by atomic mass is 10.1. The molecule has 2 fully saturated rings. The van der Waals surface area contributed by atoms with Crippen molar-refractivity contribution < 1.29 is 13.2 Å². The summed E-state index contributed by atoms with van der Waals surface area (Å²) in [6.07, 6.45) is 1.97. The molecule has 3 rings (SSSR count). The van der Waals surface area contributed by atoms with Gasteiger partial charge in [-0.2, -0.15) is 0 Å². The van der Waals surface area contributed by atoms with Crippen molar-refractivity contribution in [2.24, 2.45) is 11.1 Å². The number of nitrogens with zero attached hydrogens (tertiary/aromatic N) is 4. The molecule has 2 aliphatic heterocycles. The van der Waals surface area contributed by atoms with E-state index in [2.05, 4.69) is 21.8 Å². The zero-order valence-corrected chi connectivity index (χ0v) is 14.6. The second-order valence-corrected chi connectivity index (χ2v) is 8.23. The second kappa shape index (κ2) is 6.66. The lowest BCUT2D eigenvalue weighted by Crippen LogP contribution is -2.44. The number of hydrogen-bond donors (Lipinski definition) is 1. The van der Waals surface area contributed by atoms with Gasteiger partial charge in [0.2, 0.25) is 15.9 Å². The first kappa shape index (κ1) is 17.1. The number of amides is 1. The first-order valence-electron chi connectivity index (χ1n) is 8.02. The highest BCUT2D eigenvalue weighted by Gasteiger charge is 2.33. The minimum atomic E-state index is -3.57. The van der Waals surface area contributed by atoms with E-state index >= 15 is 0 Å². The summed E-state index contributed by atoms with van der Waals surface area (Å²) in [6, 6.07) is 3.79. The van der Waals surface area contributed by atoms with E-state index in [1.165, 1.54) is 0 Å². The highest BCUT2D eigenvalue weighted by atomic mass is 32.2. The Kier molecular flexibility index (Phi) is 4.75. The third-order valence-electron chi connectivity index (χ3n) is 4.55. The van der Waals surface area contributed by atoms with E-state index in [9.17, 15) is 13.2 Å². The Hall–Kier alpha value is -1.71. The SMILES string of the molecule is CN1CCN(c2ccc(N3CC(CS(N)(=O)=O)CC3=O)nc2)CC1. The van der Waals surface area contributed by atoms with Gasteiger partial charge in [0.25, 0.3) is 0 Å². The quantitative estimate of drug-likeness (QED) is 0.781.